The minimum atomic E-state index is -0.237. The van der Waals surface area contributed by atoms with E-state index in [1.165, 1.54) is 12.1 Å². The van der Waals surface area contributed by atoms with Crippen LogP contribution in [0.15, 0.2) is 47.6 Å². The summed E-state index contributed by atoms with van der Waals surface area (Å²) in [5.74, 6) is 1.05. The molecule has 0 radical (unpaired) electrons. The van der Waals surface area contributed by atoms with Crippen LogP contribution in [0.25, 0.3) is 0 Å². The van der Waals surface area contributed by atoms with Gasteiger partial charge in [0.25, 0.3) is 0 Å². The molecule has 1 aromatic carbocycles. The Hall–Kier alpha value is -2.63. The molecule has 0 spiro atoms. The van der Waals surface area contributed by atoms with Crippen LogP contribution in [0.3, 0.4) is 0 Å². The van der Waals surface area contributed by atoms with Gasteiger partial charge >= 0.3 is 0 Å². The Labute approximate surface area is 142 Å². The Morgan fingerprint density at radius 3 is 2.25 bits per heavy atom. The van der Waals surface area contributed by atoms with Crippen molar-refractivity contribution in [2.24, 2.45) is 4.99 Å². The first kappa shape index (κ1) is 17.7. The van der Waals surface area contributed by atoms with E-state index >= 15 is 0 Å². The number of nitrogens with zero attached hydrogens (tertiary/aromatic N) is 2. The number of benzene rings is 1. The lowest BCUT2D eigenvalue weighted by Gasteiger charge is -2.12. The molecule has 24 heavy (non-hydrogen) atoms. The average molecular weight is 330 g/mol. The van der Waals surface area contributed by atoms with Crippen LogP contribution < -0.4 is 15.4 Å². The third-order valence-electron chi connectivity index (χ3n) is 3.21. The van der Waals surface area contributed by atoms with E-state index in [1.807, 2.05) is 26.0 Å². The zero-order valence-electron chi connectivity index (χ0n) is 14.2. The van der Waals surface area contributed by atoms with Crippen LogP contribution in [0, 0.1) is 5.82 Å². The molecule has 0 aliphatic carbocycles. The third-order valence-corrected chi connectivity index (χ3v) is 3.21. The van der Waals surface area contributed by atoms with Gasteiger partial charge in [0.15, 0.2) is 5.96 Å². The average Bonchev–Trinajstić information content (AvgIpc) is 2.57. The van der Waals surface area contributed by atoms with Crippen LogP contribution in [0.4, 0.5) is 4.39 Å². The molecule has 2 rings (SSSR count). The van der Waals surface area contributed by atoms with Crippen LogP contribution in [0.1, 0.15) is 25.0 Å². The first-order valence-electron chi connectivity index (χ1n) is 7.87. The van der Waals surface area contributed by atoms with Gasteiger partial charge in [-0.1, -0.05) is 18.2 Å². The molecule has 0 atom stereocenters. The number of ether oxygens (including phenoxy) is 1. The van der Waals surface area contributed by atoms with Crippen molar-refractivity contribution < 1.29 is 9.13 Å². The highest BCUT2D eigenvalue weighted by atomic mass is 19.1. The first-order valence-corrected chi connectivity index (χ1v) is 7.87. The number of hydrogen-bond donors (Lipinski definition) is 2. The molecule has 1 aromatic heterocycles. The van der Waals surface area contributed by atoms with E-state index < -0.39 is 0 Å². The minimum absolute atomic E-state index is 0.107. The normalized spacial score (nSPS) is 11.5. The van der Waals surface area contributed by atoms with Crippen molar-refractivity contribution in [2.45, 2.75) is 33.0 Å². The number of nitrogens with one attached hydrogen (secondary N) is 2. The van der Waals surface area contributed by atoms with E-state index in [1.54, 1.807) is 25.4 Å². The molecule has 0 amide bonds. The maximum atomic E-state index is 12.9. The van der Waals surface area contributed by atoms with E-state index in [9.17, 15) is 4.39 Å². The number of aliphatic imine (C=N–C) groups is 1. The van der Waals surface area contributed by atoms with Gasteiger partial charge < -0.3 is 15.4 Å². The second-order valence-electron chi connectivity index (χ2n) is 5.58. The van der Waals surface area contributed by atoms with Crippen molar-refractivity contribution >= 4 is 5.96 Å². The molecule has 0 bridgehead atoms. The Bertz CT molecular complexity index is 654. The Morgan fingerprint density at radius 1 is 1.08 bits per heavy atom. The number of hydrogen-bond acceptors (Lipinski definition) is 3. The number of halogens is 1. The van der Waals surface area contributed by atoms with E-state index in [0.29, 0.717) is 24.9 Å². The van der Waals surface area contributed by atoms with Gasteiger partial charge in [-0.05, 0) is 37.1 Å². The molecular formula is C18H23FN4O. The molecule has 0 aliphatic rings. The first-order chi connectivity index (χ1) is 11.6. The van der Waals surface area contributed by atoms with Gasteiger partial charge in [0.2, 0.25) is 5.88 Å². The van der Waals surface area contributed by atoms with E-state index in [0.717, 1.165) is 11.1 Å². The summed E-state index contributed by atoms with van der Waals surface area (Å²) >= 11 is 0. The number of rotatable bonds is 6. The van der Waals surface area contributed by atoms with Crippen LogP contribution in [0.2, 0.25) is 0 Å². The molecule has 0 saturated heterocycles. The molecule has 0 saturated carbocycles. The second kappa shape index (κ2) is 8.86. The fourth-order valence-corrected chi connectivity index (χ4v) is 2.02. The fraction of sp³-hybridized carbons (Fsp3) is 0.333. The highest BCUT2D eigenvalue weighted by Crippen LogP contribution is 2.09. The molecule has 2 N–H and O–H groups in total. The Morgan fingerprint density at radius 2 is 1.71 bits per heavy atom. The lowest BCUT2D eigenvalue weighted by molar-refractivity contribution is 0.232. The van der Waals surface area contributed by atoms with Gasteiger partial charge in [-0.2, -0.15) is 0 Å². The third kappa shape index (κ3) is 5.87. The van der Waals surface area contributed by atoms with Crippen LogP contribution >= 0.6 is 0 Å². The van der Waals surface area contributed by atoms with Crippen molar-refractivity contribution in [1.82, 2.24) is 15.6 Å². The van der Waals surface area contributed by atoms with Crippen LogP contribution in [-0.2, 0) is 13.1 Å². The minimum Gasteiger partial charge on any atom is -0.475 e. The predicted octanol–water partition coefficient (Wildman–Crippen LogP) is 2.87. The highest BCUT2D eigenvalue weighted by molar-refractivity contribution is 5.79. The van der Waals surface area contributed by atoms with Crippen molar-refractivity contribution in [2.75, 3.05) is 7.05 Å². The Balaban J connectivity index is 1.81. The van der Waals surface area contributed by atoms with Gasteiger partial charge in [-0.15, -0.1) is 0 Å². The number of aromatic nitrogens is 1. The second-order valence-corrected chi connectivity index (χ2v) is 5.58. The molecular weight excluding hydrogens is 307 g/mol. The van der Waals surface area contributed by atoms with E-state index in [-0.39, 0.29) is 11.9 Å². The van der Waals surface area contributed by atoms with Gasteiger partial charge in [-0.25, -0.2) is 9.37 Å². The van der Waals surface area contributed by atoms with Crippen molar-refractivity contribution in [3.05, 3.63) is 59.5 Å². The summed E-state index contributed by atoms with van der Waals surface area (Å²) < 4.78 is 18.4. The topological polar surface area (TPSA) is 58.5 Å². The standard InChI is InChI=1S/C18H23FN4O/c1-13(2)24-17-9-6-15(11-21-17)12-23-18(20-3)22-10-14-4-7-16(19)8-5-14/h4-9,11,13H,10,12H2,1-3H3,(H2,20,22,23). The largest absolute Gasteiger partial charge is 0.475 e. The molecule has 0 fully saturated rings. The lowest BCUT2D eigenvalue weighted by Crippen LogP contribution is -2.36. The van der Waals surface area contributed by atoms with Crippen molar-refractivity contribution in [3.63, 3.8) is 0 Å². The quantitative estimate of drug-likeness (QED) is 0.632. The predicted molar refractivity (Wildman–Crippen MR) is 93.4 cm³/mol. The lowest BCUT2D eigenvalue weighted by atomic mass is 10.2. The van der Waals surface area contributed by atoms with Gasteiger partial charge in [0.05, 0.1) is 6.10 Å². The maximum Gasteiger partial charge on any atom is 0.213 e. The molecule has 6 heteroatoms. The summed E-state index contributed by atoms with van der Waals surface area (Å²) in [4.78, 5) is 8.43. The maximum absolute atomic E-state index is 12.9. The summed E-state index contributed by atoms with van der Waals surface area (Å²) in [6, 6.07) is 10.2. The van der Waals surface area contributed by atoms with Crippen LogP contribution in [-0.4, -0.2) is 24.1 Å². The molecule has 5 nitrogen and oxygen atoms in total. The van der Waals surface area contributed by atoms with Crippen LogP contribution in [0.5, 0.6) is 5.88 Å². The number of pyridine rings is 1. The highest BCUT2D eigenvalue weighted by Gasteiger charge is 2.02. The molecule has 0 aliphatic heterocycles. The summed E-state index contributed by atoms with van der Waals surface area (Å²) in [6.07, 6.45) is 1.88. The van der Waals surface area contributed by atoms with E-state index in [2.05, 4.69) is 20.6 Å². The zero-order chi connectivity index (χ0) is 17.4. The molecule has 0 unspecified atom stereocenters. The SMILES string of the molecule is CN=C(NCc1ccc(F)cc1)NCc1ccc(OC(C)C)nc1. The summed E-state index contributed by atoms with van der Waals surface area (Å²) in [5, 5.41) is 6.40. The molecule has 128 valence electrons. The van der Waals surface area contributed by atoms with Crippen molar-refractivity contribution in [3.8, 4) is 5.88 Å². The fourth-order valence-electron chi connectivity index (χ4n) is 2.02. The van der Waals surface area contributed by atoms with Gasteiger partial charge in [-0.3, -0.25) is 4.99 Å². The molecule has 1 heterocycles. The Kier molecular flexibility index (Phi) is 6.54. The smallest absolute Gasteiger partial charge is 0.213 e. The summed E-state index contributed by atoms with van der Waals surface area (Å²) in [5.41, 5.74) is 2.01. The monoisotopic (exact) mass is 330 g/mol. The molecule has 2 aromatic rings. The summed E-state index contributed by atoms with van der Waals surface area (Å²) in [7, 11) is 1.71. The summed E-state index contributed by atoms with van der Waals surface area (Å²) in [6.45, 7) is 5.10. The van der Waals surface area contributed by atoms with Gasteiger partial charge in [0.1, 0.15) is 5.82 Å². The zero-order valence-corrected chi connectivity index (χ0v) is 14.2. The number of guanidine groups is 1. The van der Waals surface area contributed by atoms with Gasteiger partial charge in [0, 0.05) is 32.4 Å². The van der Waals surface area contributed by atoms with Crippen molar-refractivity contribution in [1.29, 1.82) is 0 Å². The van der Waals surface area contributed by atoms with E-state index in [4.69, 9.17) is 4.74 Å².